The van der Waals surface area contributed by atoms with Gasteiger partial charge in [0, 0.05) is 13.1 Å². The predicted octanol–water partition coefficient (Wildman–Crippen LogP) is 1.50. The lowest BCUT2D eigenvalue weighted by atomic mass is 10.1. The third-order valence-corrected chi connectivity index (χ3v) is 3.69. The third-order valence-electron chi connectivity index (χ3n) is 3.69. The van der Waals surface area contributed by atoms with E-state index in [9.17, 15) is 14.7 Å². The van der Waals surface area contributed by atoms with Crippen LogP contribution in [0.1, 0.15) is 15.9 Å². The van der Waals surface area contributed by atoms with Gasteiger partial charge in [-0.25, -0.2) is 0 Å². The largest absolute Gasteiger partial charge is 0.507 e. The summed E-state index contributed by atoms with van der Waals surface area (Å²) in [6, 6.07) is 11.6. The van der Waals surface area contributed by atoms with Gasteiger partial charge in [0.15, 0.2) is 11.5 Å². The molecule has 7 nitrogen and oxygen atoms in total. The maximum atomic E-state index is 12.0. The zero-order valence-corrected chi connectivity index (χ0v) is 14.7. The number of phenolic OH excluding ortho intramolecular Hbond substituents is 1. The Labute approximate surface area is 151 Å². The van der Waals surface area contributed by atoms with Crippen molar-refractivity contribution in [1.29, 1.82) is 0 Å². The van der Waals surface area contributed by atoms with Crippen molar-refractivity contribution >= 4 is 11.8 Å². The van der Waals surface area contributed by atoms with Gasteiger partial charge < -0.3 is 25.2 Å². The Hall–Kier alpha value is -3.22. The highest BCUT2D eigenvalue weighted by molar-refractivity contribution is 5.96. The Bertz CT molecular complexity index is 776. The number of aromatic hydroxyl groups is 1. The Morgan fingerprint density at radius 2 is 1.65 bits per heavy atom. The molecule has 0 saturated carbocycles. The highest BCUT2D eigenvalue weighted by Crippen LogP contribution is 2.27. The maximum Gasteiger partial charge on any atom is 0.255 e. The molecule has 0 aromatic heterocycles. The summed E-state index contributed by atoms with van der Waals surface area (Å²) in [7, 11) is 3.09. The summed E-state index contributed by atoms with van der Waals surface area (Å²) in [6.07, 6.45) is 0.188. The molecule has 2 amide bonds. The van der Waals surface area contributed by atoms with Crippen LogP contribution < -0.4 is 20.1 Å². The van der Waals surface area contributed by atoms with Crippen molar-refractivity contribution < 1.29 is 24.2 Å². The van der Waals surface area contributed by atoms with Gasteiger partial charge in [-0.1, -0.05) is 18.2 Å². The molecule has 2 aromatic carbocycles. The van der Waals surface area contributed by atoms with E-state index in [0.717, 1.165) is 5.56 Å². The van der Waals surface area contributed by atoms with E-state index in [1.807, 2.05) is 0 Å². The number of carbonyl (C=O) groups excluding carboxylic acids is 2. The van der Waals surface area contributed by atoms with Crippen LogP contribution in [0.4, 0.5) is 0 Å². The number of para-hydroxylation sites is 1. The Balaban J connectivity index is 1.77. The van der Waals surface area contributed by atoms with E-state index >= 15 is 0 Å². The second-order valence-corrected chi connectivity index (χ2v) is 5.49. The minimum atomic E-state index is -0.391. The van der Waals surface area contributed by atoms with Crippen LogP contribution >= 0.6 is 0 Å². The van der Waals surface area contributed by atoms with Crippen LogP contribution in [-0.2, 0) is 11.2 Å². The van der Waals surface area contributed by atoms with E-state index in [4.69, 9.17) is 9.47 Å². The van der Waals surface area contributed by atoms with Crippen LogP contribution in [0, 0.1) is 0 Å². The number of carbonyl (C=O) groups is 2. The summed E-state index contributed by atoms with van der Waals surface area (Å²) in [5.41, 5.74) is 0.988. The van der Waals surface area contributed by atoms with Gasteiger partial charge >= 0.3 is 0 Å². The first kappa shape index (κ1) is 19.1. The van der Waals surface area contributed by atoms with Gasteiger partial charge in [0.25, 0.3) is 5.91 Å². The Kier molecular flexibility index (Phi) is 6.84. The molecule has 138 valence electrons. The zero-order valence-electron chi connectivity index (χ0n) is 14.7. The molecular weight excluding hydrogens is 336 g/mol. The first-order valence-electron chi connectivity index (χ1n) is 8.09. The highest BCUT2D eigenvalue weighted by Gasteiger charge is 2.10. The molecule has 2 aromatic rings. The van der Waals surface area contributed by atoms with Gasteiger partial charge in [0.2, 0.25) is 5.91 Å². The normalized spacial score (nSPS) is 10.1. The van der Waals surface area contributed by atoms with Crippen LogP contribution in [0.2, 0.25) is 0 Å². The first-order valence-corrected chi connectivity index (χ1v) is 8.09. The number of hydrogen-bond donors (Lipinski definition) is 3. The smallest absolute Gasteiger partial charge is 0.255 e. The molecule has 2 rings (SSSR count). The fraction of sp³-hybridized carbons (Fsp3) is 0.263. The Morgan fingerprint density at radius 1 is 0.962 bits per heavy atom. The highest BCUT2D eigenvalue weighted by atomic mass is 16.5. The number of nitrogens with one attached hydrogen (secondary N) is 2. The molecule has 0 aliphatic heterocycles. The van der Waals surface area contributed by atoms with Crippen molar-refractivity contribution in [2.45, 2.75) is 6.42 Å². The quantitative estimate of drug-likeness (QED) is 0.622. The van der Waals surface area contributed by atoms with Crippen molar-refractivity contribution in [3.63, 3.8) is 0 Å². The number of phenols is 1. The van der Waals surface area contributed by atoms with Crippen LogP contribution in [0.3, 0.4) is 0 Å². The van der Waals surface area contributed by atoms with Crippen LogP contribution in [-0.4, -0.2) is 44.2 Å². The molecule has 0 spiro atoms. The summed E-state index contributed by atoms with van der Waals surface area (Å²) < 4.78 is 10.4. The van der Waals surface area contributed by atoms with Crippen LogP contribution in [0.5, 0.6) is 17.2 Å². The molecule has 0 unspecified atom stereocenters. The lowest BCUT2D eigenvalue weighted by Gasteiger charge is -2.10. The molecule has 0 aliphatic rings. The van der Waals surface area contributed by atoms with Gasteiger partial charge in [-0.05, 0) is 29.8 Å². The second kappa shape index (κ2) is 9.31. The van der Waals surface area contributed by atoms with E-state index in [1.165, 1.54) is 19.2 Å². The summed E-state index contributed by atoms with van der Waals surface area (Å²) >= 11 is 0. The fourth-order valence-electron chi connectivity index (χ4n) is 2.38. The van der Waals surface area contributed by atoms with Gasteiger partial charge in [-0.3, -0.25) is 9.59 Å². The van der Waals surface area contributed by atoms with E-state index in [1.54, 1.807) is 37.4 Å². The van der Waals surface area contributed by atoms with Crippen LogP contribution in [0.15, 0.2) is 42.5 Å². The standard InChI is InChI=1S/C19H22N2O5/c1-25-16-8-7-13(11-17(16)26-2)12-18(23)20-9-10-21-19(24)14-5-3-4-6-15(14)22/h3-8,11,22H,9-10,12H2,1-2H3,(H,20,23)(H,21,24). The molecule has 0 bridgehead atoms. The van der Waals surface area contributed by atoms with Crippen molar-refractivity contribution in [3.8, 4) is 17.2 Å². The molecule has 7 heteroatoms. The Morgan fingerprint density at radius 3 is 2.35 bits per heavy atom. The fourth-order valence-corrected chi connectivity index (χ4v) is 2.38. The second-order valence-electron chi connectivity index (χ2n) is 5.49. The number of hydrogen-bond acceptors (Lipinski definition) is 5. The number of amides is 2. The monoisotopic (exact) mass is 358 g/mol. The minimum Gasteiger partial charge on any atom is -0.507 e. The van der Waals surface area contributed by atoms with E-state index in [2.05, 4.69) is 10.6 Å². The van der Waals surface area contributed by atoms with Gasteiger partial charge in [0.05, 0.1) is 26.2 Å². The van der Waals surface area contributed by atoms with Gasteiger partial charge in [-0.2, -0.15) is 0 Å². The predicted molar refractivity (Wildman–Crippen MR) is 96.7 cm³/mol. The SMILES string of the molecule is COc1ccc(CC(=O)NCCNC(=O)c2ccccc2O)cc1OC. The lowest BCUT2D eigenvalue weighted by Crippen LogP contribution is -2.35. The average molecular weight is 358 g/mol. The van der Waals surface area contributed by atoms with Crippen molar-refractivity contribution in [2.24, 2.45) is 0 Å². The van der Waals surface area contributed by atoms with Crippen molar-refractivity contribution in [1.82, 2.24) is 10.6 Å². The summed E-state index contributed by atoms with van der Waals surface area (Å²) in [5, 5.41) is 15.0. The molecule has 0 fully saturated rings. The minimum absolute atomic E-state index is 0.0810. The first-order chi connectivity index (χ1) is 12.5. The molecule has 0 saturated heterocycles. The molecule has 26 heavy (non-hydrogen) atoms. The third kappa shape index (κ3) is 5.14. The number of rotatable bonds is 8. The zero-order chi connectivity index (χ0) is 18.9. The summed E-state index contributed by atoms with van der Waals surface area (Å²) in [5.74, 6) is 0.519. The maximum absolute atomic E-state index is 12.0. The van der Waals surface area contributed by atoms with Gasteiger partial charge in [-0.15, -0.1) is 0 Å². The molecule has 0 aliphatic carbocycles. The van der Waals surface area contributed by atoms with Gasteiger partial charge in [0.1, 0.15) is 5.75 Å². The van der Waals surface area contributed by atoms with E-state index in [-0.39, 0.29) is 36.7 Å². The number of methoxy groups -OCH3 is 2. The average Bonchev–Trinajstić information content (AvgIpc) is 2.65. The van der Waals surface area contributed by atoms with Crippen molar-refractivity contribution in [3.05, 3.63) is 53.6 Å². The molecule has 0 heterocycles. The molecular formula is C19H22N2O5. The topological polar surface area (TPSA) is 96.9 Å². The molecule has 0 radical (unpaired) electrons. The van der Waals surface area contributed by atoms with Crippen LogP contribution in [0.25, 0.3) is 0 Å². The number of benzene rings is 2. The summed E-state index contributed by atoms with van der Waals surface area (Å²) in [4.78, 5) is 23.9. The lowest BCUT2D eigenvalue weighted by molar-refractivity contribution is -0.120. The molecule has 0 atom stereocenters. The van der Waals surface area contributed by atoms with E-state index < -0.39 is 5.91 Å². The van der Waals surface area contributed by atoms with E-state index in [0.29, 0.717) is 11.5 Å². The van der Waals surface area contributed by atoms with Crippen molar-refractivity contribution in [2.75, 3.05) is 27.3 Å². The summed E-state index contributed by atoms with van der Waals surface area (Å²) in [6.45, 7) is 0.538. The number of ether oxygens (including phenoxy) is 2. The molecule has 3 N–H and O–H groups in total.